The van der Waals surface area contributed by atoms with Gasteiger partial charge in [0, 0.05) is 12.7 Å². The van der Waals surface area contributed by atoms with Crippen LogP contribution in [0.15, 0.2) is 24.3 Å². The molecule has 0 aliphatic rings. The monoisotopic (exact) mass is 426 g/mol. The highest BCUT2D eigenvalue weighted by molar-refractivity contribution is 5.85. The Kier molecular flexibility index (Phi) is 6.99. The van der Waals surface area contributed by atoms with Gasteiger partial charge in [0.1, 0.15) is 0 Å². The van der Waals surface area contributed by atoms with Crippen molar-refractivity contribution in [2.75, 3.05) is 20.3 Å². The zero-order chi connectivity index (χ0) is 22.5. The lowest BCUT2D eigenvalue weighted by Crippen LogP contribution is -2.31. The molecule has 0 aliphatic heterocycles. The number of fused-ring (bicyclic) bond motifs is 1. The summed E-state index contributed by atoms with van der Waals surface area (Å²) in [5.41, 5.74) is 3.57. The second-order valence-electron chi connectivity index (χ2n) is 7.54. The van der Waals surface area contributed by atoms with Crippen molar-refractivity contribution >= 4 is 16.9 Å². The molecule has 0 spiro atoms. The first-order valence-electron chi connectivity index (χ1n) is 10.4. The number of benzene rings is 1. The van der Waals surface area contributed by atoms with Gasteiger partial charge in [-0.1, -0.05) is 13.0 Å². The zero-order valence-corrected chi connectivity index (χ0v) is 19.0. The Bertz CT molecular complexity index is 1080. The molecule has 2 heterocycles. The molecule has 166 valence electrons. The maximum atomic E-state index is 12.5. The SMILES string of the molecule is CCCOc1ccc(C(C)NC(=O)COc2nn(C)c3nc(C)cc(C)c23)cc1OC. The van der Waals surface area contributed by atoms with Gasteiger partial charge >= 0.3 is 0 Å². The number of aryl methyl sites for hydroxylation is 3. The van der Waals surface area contributed by atoms with E-state index in [1.165, 1.54) is 0 Å². The van der Waals surface area contributed by atoms with Crippen molar-refractivity contribution in [2.45, 2.75) is 40.2 Å². The van der Waals surface area contributed by atoms with Gasteiger partial charge in [-0.15, -0.1) is 5.10 Å². The summed E-state index contributed by atoms with van der Waals surface area (Å²) < 4.78 is 18.5. The minimum absolute atomic E-state index is 0.140. The topological polar surface area (TPSA) is 87.5 Å². The van der Waals surface area contributed by atoms with Crippen LogP contribution >= 0.6 is 0 Å². The van der Waals surface area contributed by atoms with Crippen LogP contribution in [0, 0.1) is 13.8 Å². The van der Waals surface area contributed by atoms with E-state index in [0.29, 0.717) is 24.0 Å². The van der Waals surface area contributed by atoms with Crippen LogP contribution in [0.2, 0.25) is 0 Å². The molecule has 3 rings (SSSR count). The van der Waals surface area contributed by atoms with Crippen molar-refractivity contribution in [3.8, 4) is 17.4 Å². The molecule has 0 saturated heterocycles. The number of hydrogen-bond donors (Lipinski definition) is 1. The highest BCUT2D eigenvalue weighted by Gasteiger charge is 2.17. The number of carbonyl (C=O) groups is 1. The molecule has 8 nitrogen and oxygen atoms in total. The van der Waals surface area contributed by atoms with Gasteiger partial charge in [0.15, 0.2) is 23.8 Å². The lowest BCUT2D eigenvalue weighted by Gasteiger charge is -2.17. The van der Waals surface area contributed by atoms with Crippen molar-refractivity contribution < 1.29 is 19.0 Å². The number of amides is 1. The molecule has 2 aromatic heterocycles. The summed E-state index contributed by atoms with van der Waals surface area (Å²) in [4.78, 5) is 17.0. The summed E-state index contributed by atoms with van der Waals surface area (Å²) >= 11 is 0. The number of carbonyl (C=O) groups excluding carboxylic acids is 1. The number of rotatable bonds is 9. The van der Waals surface area contributed by atoms with Crippen molar-refractivity contribution in [2.24, 2.45) is 7.05 Å². The van der Waals surface area contributed by atoms with Crippen LogP contribution in [0.25, 0.3) is 11.0 Å². The quantitative estimate of drug-likeness (QED) is 0.562. The third-order valence-corrected chi connectivity index (χ3v) is 4.95. The van der Waals surface area contributed by atoms with Crippen molar-refractivity contribution in [1.29, 1.82) is 0 Å². The van der Waals surface area contributed by atoms with Gasteiger partial charge in [-0.25, -0.2) is 9.67 Å². The van der Waals surface area contributed by atoms with E-state index in [9.17, 15) is 4.79 Å². The van der Waals surface area contributed by atoms with Gasteiger partial charge in [0.2, 0.25) is 5.88 Å². The van der Waals surface area contributed by atoms with Crippen LogP contribution in [-0.2, 0) is 11.8 Å². The molecule has 8 heteroatoms. The predicted octanol–water partition coefficient (Wildman–Crippen LogP) is 3.64. The Labute approximate surface area is 182 Å². The molecule has 0 bridgehead atoms. The minimum Gasteiger partial charge on any atom is -0.493 e. The Morgan fingerprint density at radius 1 is 1.19 bits per heavy atom. The number of hydrogen-bond acceptors (Lipinski definition) is 6. The van der Waals surface area contributed by atoms with E-state index in [2.05, 4.69) is 15.4 Å². The number of aromatic nitrogens is 3. The molecular weight excluding hydrogens is 396 g/mol. The van der Waals surface area contributed by atoms with Gasteiger partial charge in [0.05, 0.1) is 25.1 Å². The third kappa shape index (κ3) is 5.07. The first-order chi connectivity index (χ1) is 14.8. The first kappa shape index (κ1) is 22.4. The number of nitrogens with one attached hydrogen (secondary N) is 1. The van der Waals surface area contributed by atoms with Gasteiger partial charge < -0.3 is 19.5 Å². The van der Waals surface area contributed by atoms with Crippen LogP contribution < -0.4 is 19.5 Å². The third-order valence-electron chi connectivity index (χ3n) is 4.95. The molecule has 1 unspecified atom stereocenters. The van der Waals surface area contributed by atoms with Crippen LogP contribution in [-0.4, -0.2) is 41.0 Å². The number of ether oxygens (including phenoxy) is 3. The highest BCUT2D eigenvalue weighted by atomic mass is 16.5. The van der Waals surface area contributed by atoms with Gasteiger partial charge in [-0.2, -0.15) is 0 Å². The first-order valence-corrected chi connectivity index (χ1v) is 10.4. The van der Waals surface area contributed by atoms with E-state index in [0.717, 1.165) is 34.3 Å². The Morgan fingerprint density at radius 3 is 2.68 bits per heavy atom. The Morgan fingerprint density at radius 2 is 1.97 bits per heavy atom. The van der Waals surface area contributed by atoms with Crippen LogP contribution in [0.4, 0.5) is 0 Å². The Hall–Kier alpha value is -3.29. The van der Waals surface area contributed by atoms with E-state index in [-0.39, 0.29) is 18.6 Å². The molecular formula is C23H30N4O4. The number of methoxy groups -OCH3 is 1. The fraction of sp³-hybridized carbons (Fsp3) is 0.435. The number of pyridine rings is 1. The maximum Gasteiger partial charge on any atom is 0.258 e. The summed E-state index contributed by atoms with van der Waals surface area (Å²) in [6.45, 7) is 8.36. The van der Waals surface area contributed by atoms with E-state index < -0.39 is 0 Å². The number of nitrogens with zero attached hydrogens (tertiary/aromatic N) is 3. The van der Waals surface area contributed by atoms with E-state index in [1.54, 1.807) is 11.8 Å². The Balaban J connectivity index is 1.66. The second-order valence-corrected chi connectivity index (χ2v) is 7.54. The van der Waals surface area contributed by atoms with E-state index >= 15 is 0 Å². The summed E-state index contributed by atoms with van der Waals surface area (Å²) in [7, 11) is 3.41. The molecule has 31 heavy (non-hydrogen) atoms. The molecule has 3 aromatic rings. The smallest absolute Gasteiger partial charge is 0.258 e. The minimum atomic E-state index is -0.241. The highest BCUT2D eigenvalue weighted by Crippen LogP contribution is 2.30. The van der Waals surface area contributed by atoms with Gasteiger partial charge in [0.25, 0.3) is 5.91 Å². The largest absolute Gasteiger partial charge is 0.493 e. The van der Waals surface area contributed by atoms with Crippen molar-refractivity contribution in [3.05, 3.63) is 41.1 Å². The van der Waals surface area contributed by atoms with Gasteiger partial charge in [-0.3, -0.25) is 4.79 Å². The summed E-state index contributed by atoms with van der Waals surface area (Å²) in [6, 6.07) is 7.40. The average Bonchev–Trinajstić information content (AvgIpc) is 3.06. The van der Waals surface area contributed by atoms with Crippen LogP contribution in [0.1, 0.15) is 43.1 Å². The molecule has 0 fully saturated rings. The standard InChI is InChI=1S/C23H30N4O4/c1-7-10-30-18-9-8-17(12-19(18)29-6)16(4)25-20(28)13-31-23-21-14(2)11-15(3)24-22(21)27(5)26-23/h8-9,11-12,16H,7,10,13H2,1-6H3,(H,25,28). The zero-order valence-electron chi connectivity index (χ0n) is 19.0. The fourth-order valence-electron chi connectivity index (χ4n) is 3.44. The van der Waals surface area contributed by atoms with Crippen molar-refractivity contribution in [1.82, 2.24) is 20.1 Å². The lowest BCUT2D eigenvalue weighted by molar-refractivity contribution is -0.123. The average molecular weight is 427 g/mol. The normalized spacial score (nSPS) is 11.9. The summed E-state index contributed by atoms with van der Waals surface area (Å²) in [5, 5.41) is 8.15. The molecule has 1 N–H and O–H groups in total. The maximum absolute atomic E-state index is 12.5. The molecule has 1 amide bonds. The van der Waals surface area contributed by atoms with Crippen LogP contribution in [0.5, 0.6) is 17.4 Å². The summed E-state index contributed by atoms with van der Waals surface area (Å²) in [5.74, 6) is 1.50. The molecule has 1 atom stereocenters. The molecule has 0 aliphatic carbocycles. The second kappa shape index (κ2) is 9.68. The molecule has 0 saturated carbocycles. The van der Waals surface area contributed by atoms with E-state index in [1.807, 2.05) is 59.0 Å². The molecule has 1 aromatic carbocycles. The lowest BCUT2D eigenvalue weighted by atomic mass is 10.1. The molecule has 0 radical (unpaired) electrons. The van der Waals surface area contributed by atoms with Crippen molar-refractivity contribution in [3.63, 3.8) is 0 Å². The predicted molar refractivity (Wildman–Crippen MR) is 119 cm³/mol. The van der Waals surface area contributed by atoms with E-state index in [4.69, 9.17) is 14.2 Å². The van der Waals surface area contributed by atoms with Crippen LogP contribution in [0.3, 0.4) is 0 Å². The fourth-order valence-corrected chi connectivity index (χ4v) is 3.44. The summed E-state index contributed by atoms with van der Waals surface area (Å²) in [6.07, 6.45) is 0.915. The van der Waals surface area contributed by atoms with Gasteiger partial charge in [-0.05, 0) is 56.5 Å².